The zero-order valence-electron chi connectivity index (χ0n) is 11.3. The maximum absolute atomic E-state index is 4.56. The molecule has 2 aromatic rings. The Labute approximate surface area is 116 Å². The summed E-state index contributed by atoms with van der Waals surface area (Å²) in [5.74, 6) is 0. The fraction of sp³-hybridized carbons (Fsp3) is 0.118. The first-order chi connectivity index (χ1) is 9.33. The zero-order chi connectivity index (χ0) is 13.5. The monoisotopic (exact) mass is 267 g/mol. The van der Waals surface area contributed by atoms with Crippen LogP contribution in [0.3, 0.4) is 0 Å². The smallest absolute Gasteiger partial charge is 0.0467 e. The van der Waals surface area contributed by atoms with Gasteiger partial charge in [-0.25, -0.2) is 0 Å². The largest absolute Gasteiger partial charge is 0.261 e. The lowest BCUT2D eigenvalue weighted by Gasteiger charge is -2.18. The molecule has 0 aliphatic rings. The highest BCUT2D eigenvalue weighted by Gasteiger charge is 2.15. The quantitative estimate of drug-likeness (QED) is 0.585. The lowest BCUT2D eigenvalue weighted by molar-refractivity contribution is 1.52. The highest BCUT2D eigenvalue weighted by Crippen LogP contribution is 2.35. The number of nitrogens with zero attached hydrogens (tertiary/aromatic N) is 1. The van der Waals surface area contributed by atoms with Gasteiger partial charge in [0, 0.05) is 19.6 Å². The SMILES string of the molecule is C/C=C\N=C(/C)P(c1ccccc1)c1ccccc1. The van der Waals surface area contributed by atoms with Crippen molar-refractivity contribution in [2.75, 3.05) is 0 Å². The lowest BCUT2D eigenvalue weighted by Crippen LogP contribution is -2.16. The molecule has 2 rings (SSSR count). The molecule has 0 fully saturated rings. The van der Waals surface area contributed by atoms with Gasteiger partial charge in [0.1, 0.15) is 0 Å². The first kappa shape index (κ1) is 13.7. The first-order valence-corrected chi connectivity index (χ1v) is 7.73. The molecule has 0 amide bonds. The van der Waals surface area contributed by atoms with E-state index in [9.17, 15) is 0 Å². The molecule has 0 N–H and O–H groups in total. The van der Waals surface area contributed by atoms with Gasteiger partial charge in [-0.05, 0) is 24.5 Å². The third-order valence-electron chi connectivity index (χ3n) is 2.76. The lowest BCUT2D eigenvalue weighted by atomic mass is 10.4. The van der Waals surface area contributed by atoms with E-state index in [0.717, 1.165) is 0 Å². The maximum atomic E-state index is 4.56. The van der Waals surface area contributed by atoms with Crippen molar-refractivity contribution in [2.24, 2.45) is 4.99 Å². The summed E-state index contributed by atoms with van der Waals surface area (Å²) in [5.41, 5.74) is 1.17. The van der Waals surface area contributed by atoms with Gasteiger partial charge in [-0.3, -0.25) is 4.99 Å². The van der Waals surface area contributed by atoms with Gasteiger partial charge in [-0.2, -0.15) is 0 Å². The number of hydrogen-bond donors (Lipinski definition) is 0. The molecule has 0 aliphatic carbocycles. The Kier molecular flexibility index (Phi) is 5.06. The summed E-state index contributed by atoms with van der Waals surface area (Å²) in [7, 11) is -0.525. The van der Waals surface area contributed by atoms with Crippen molar-refractivity contribution in [1.82, 2.24) is 0 Å². The normalized spacial score (nSPS) is 12.3. The predicted molar refractivity (Wildman–Crippen MR) is 87.0 cm³/mol. The predicted octanol–water partition coefficient (Wildman–Crippen LogP) is 4.07. The van der Waals surface area contributed by atoms with Gasteiger partial charge in [0.05, 0.1) is 0 Å². The van der Waals surface area contributed by atoms with Gasteiger partial charge in [-0.1, -0.05) is 66.7 Å². The third kappa shape index (κ3) is 3.62. The molecule has 2 heteroatoms. The second-order valence-corrected chi connectivity index (χ2v) is 6.52. The number of hydrogen-bond acceptors (Lipinski definition) is 1. The van der Waals surface area contributed by atoms with E-state index in [0.29, 0.717) is 0 Å². The second kappa shape index (κ2) is 7.01. The summed E-state index contributed by atoms with van der Waals surface area (Å²) < 4.78 is 0. The van der Waals surface area contributed by atoms with Crippen molar-refractivity contribution >= 4 is 24.0 Å². The molecule has 0 atom stereocenters. The molecule has 0 radical (unpaired) electrons. The highest BCUT2D eigenvalue weighted by molar-refractivity contribution is 7.88. The van der Waals surface area contributed by atoms with E-state index in [1.807, 2.05) is 19.2 Å². The zero-order valence-corrected chi connectivity index (χ0v) is 12.2. The van der Waals surface area contributed by atoms with Crippen LogP contribution in [0.15, 0.2) is 77.9 Å². The Bertz CT molecular complexity index is 519. The Morgan fingerprint density at radius 1 is 0.895 bits per heavy atom. The average Bonchev–Trinajstić information content (AvgIpc) is 2.47. The van der Waals surface area contributed by atoms with E-state index >= 15 is 0 Å². The first-order valence-electron chi connectivity index (χ1n) is 6.38. The summed E-state index contributed by atoms with van der Waals surface area (Å²) in [6.45, 7) is 4.11. The van der Waals surface area contributed by atoms with Crippen LogP contribution in [0, 0.1) is 0 Å². The van der Waals surface area contributed by atoms with Crippen molar-refractivity contribution in [3.05, 3.63) is 72.9 Å². The van der Waals surface area contributed by atoms with Crippen molar-refractivity contribution in [3.8, 4) is 0 Å². The van der Waals surface area contributed by atoms with Crippen LogP contribution >= 0.6 is 7.92 Å². The van der Waals surface area contributed by atoms with E-state index in [2.05, 4.69) is 72.6 Å². The van der Waals surface area contributed by atoms with E-state index < -0.39 is 7.92 Å². The fourth-order valence-electron chi connectivity index (χ4n) is 1.92. The number of benzene rings is 2. The Morgan fingerprint density at radius 2 is 1.37 bits per heavy atom. The summed E-state index contributed by atoms with van der Waals surface area (Å²) in [4.78, 5) is 4.56. The minimum atomic E-state index is -0.525. The summed E-state index contributed by atoms with van der Waals surface area (Å²) in [5, 5.41) is 2.68. The molecule has 0 aromatic heterocycles. The molecule has 0 saturated heterocycles. The Hall–Kier alpha value is -1.72. The minimum Gasteiger partial charge on any atom is -0.261 e. The minimum absolute atomic E-state index is 0.525. The van der Waals surface area contributed by atoms with Crippen LogP contribution in [0.2, 0.25) is 0 Å². The molecule has 19 heavy (non-hydrogen) atoms. The van der Waals surface area contributed by atoms with E-state index in [4.69, 9.17) is 0 Å². The van der Waals surface area contributed by atoms with Gasteiger partial charge >= 0.3 is 0 Å². The van der Waals surface area contributed by atoms with Crippen molar-refractivity contribution in [1.29, 1.82) is 0 Å². The van der Waals surface area contributed by atoms with E-state index in [1.165, 1.54) is 16.1 Å². The van der Waals surface area contributed by atoms with Gasteiger partial charge in [-0.15, -0.1) is 0 Å². The molecule has 0 spiro atoms. The summed E-state index contributed by atoms with van der Waals surface area (Å²) >= 11 is 0. The second-order valence-electron chi connectivity index (χ2n) is 4.17. The molecular formula is C17H18NP. The molecule has 0 unspecified atom stereocenters. The van der Waals surface area contributed by atoms with Crippen LogP contribution in [0.5, 0.6) is 0 Å². The van der Waals surface area contributed by atoms with Gasteiger partial charge in [0.25, 0.3) is 0 Å². The summed E-state index contributed by atoms with van der Waals surface area (Å²) in [6.07, 6.45) is 3.84. The van der Waals surface area contributed by atoms with Gasteiger partial charge in [0.2, 0.25) is 0 Å². The van der Waals surface area contributed by atoms with Crippen molar-refractivity contribution < 1.29 is 0 Å². The topological polar surface area (TPSA) is 12.4 Å². The van der Waals surface area contributed by atoms with Crippen LogP contribution in [0.4, 0.5) is 0 Å². The number of allylic oxidation sites excluding steroid dienone is 1. The molecule has 2 aromatic carbocycles. The maximum Gasteiger partial charge on any atom is 0.0467 e. The van der Waals surface area contributed by atoms with Crippen LogP contribution in [0.25, 0.3) is 0 Å². The number of aliphatic imine (C=N–C) groups is 1. The third-order valence-corrected chi connectivity index (χ3v) is 5.15. The van der Waals surface area contributed by atoms with Crippen molar-refractivity contribution in [2.45, 2.75) is 13.8 Å². The number of rotatable bonds is 4. The van der Waals surface area contributed by atoms with E-state index in [-0.39, 0.29) is 0 Å². The molecule has 0 heterocycles. The molecule has 1 nitrogen and oxygen atoms in total. The van der Waals surface area contributed by atoms with Crippen LogP contribution in [0.1, 0.15) is 13.8 Å². The van der Waals surface area contributed by atoms with Gasteiger partial charge < -0.3 is 0 Å². The molecule has 0 aliphatic heterocycles. The van der Waals surface area contributed by atoms with Crippen LogP contribution in [-0.2, 0) is 0 Å². The Morgan fingerprint density at radius 3 is 1.79 bits per heavy atom. The molecule has 0 saturated carbocycles. The van der Waals surface area contributed by atoms with Gasteiger partial charge in [0.15, 0.2) is 0 Å². The molecular weight excluding hydrogens is 249 g/mol. The van der Waals surface area contributed by atoms with E-state index in [1.54, 1.807) is 0 Å². The summed E-state index contributed by atoms with van der Waals surface area (Å²) in [6, 6.07) is 21.2. The molecule has 96 valence electrons. The standard InChI is InChI=1S/C17H18NP/c1-3-14-18-15(2)19(16-10-6-4-7-11-16)17-12-8-5-9-13-17/h3-14H,1-2H3/b14-3-,18-15+. The Balaban J connectivity index is 2.46. The molecule has 0 bridgehead atoms. The fourth-order valence-corrected chi connectivity index (χ4v) is 4.09. The highest BCUT2D eigenvalue weighted by atomic mass is 31.1. The van der Waals surface area contributed by atoms with Crippen LogP contribution < -0.4 is 10.6 Å². The van der Waals surface area contributed by atoms with Crippen LogP contribution in [-0.4, -0.2) is 5.45 Å². The average molecular weight is 267 g/mol. The van der Waals surface area contributed by atoms with Crippen molar-refractivity contribution in [3.63, 3.8) is 0 Å².